The van der Waals surface area contributed by atoms with E-state index in [2.05, 4.69) is 29.1 Å². The van der Waals surface area contributed by atoms with Crippen LogP contribution in [0.2, 0.25) is 0 Å². The number of nitrogens with one attached hydrogen (secondary N) is 1. The topological polar surface area (TPSA) is 80.9 Å². The standard InChI is InChI=1S/C13H20N4O/c1-8-3-4-10(9(2)5-8)17-13(18)11-6-16-12(14)7-15-11/h6-10H,3-5H2,1-2H3,(H2,14,16)(H,17,18). The SMILES string of the molecule is CC1CCC(NC(=O)c2cnc(N)cn2)C(C)C1. The highest BCUT2D eigenvalue weighted by Gasteiger charge is 2.27. The summed E-state index contributed by atoms with van der Waals surface area (Å²) < 4.78 is 0. The summed E-state index contributed by atoms with van der Waals surface area (Å²) in [6.45, 7) is 4.45. The van der Waals surface area contributed by atoms with Gasteiger partial charge in [-0.05, 0) is 31.1 Å². The summed E-state index contributed by atoms with van der Waals surface area (Å²) in [6.07, 6.45) is 6.19. The summed E-state index contributed by atoms with van der Waals surface area (Å²) in [5.41, 5.74) is 5.77. The van der Waals surface area contributed by atoms with Crippen LogP contribution in [0.3, 0.4) is 0 Å². The molecule has 1 amide bonds. The van der Waals surface area contributed by atoms with Gasteiger partial charge in [-0.1, -0.05) is 13.8 Å². The molecule has 0 radical (unpaired) electrons. The lowest BCUT2D eigenvalue weighted by atomic mass is 9.80. The van der Waals surface area contributed by atoms with Gasteiger partial charge >= 0.3 is 0 Å². The molecule has 0 aliphatic heterocycles. The van der Waals surface area contributed by atoms with Crippen LogP contribution in [-0.4, -0.2) is 21.9 Å². The van der Waals surface area contributed by atoms with E-state index in [9.17, 15) is 4.79 Å². The number of carbonyl (C=O) groups excluding carboxylic acids is 1. The lowest BCUT2D eigenvalue weighted by Crippen LogP contribution is -2.42. The first kappa shape index (κ1) is 12.8. The second kappa shape index (κ2) is 5.33. The Kier molecular flexibility index (Phi) is 3.79. The van der Waals surface area contributed by atoms with Gasteiger partial charge in [0.05, 0.1) is 12.4 Å². The smallest absolute Gasteiger partial charge is 0.271 e. The van der Waals surface area contributed by atoms with E-state index < -0.39 is 0 Å². The molecule has 1 saturated carbocycles. The monoisotopic (exact) mass is 248 g/mol. The molecule has 98 valence electrons. The van der Waals surface area contributed by atoms with Gasteiger partial charge in [0, 0.05) is 6.04 Å². The van der Waals surface area contributed by atoms with E-state index in [1.54, 1.807) is 0 Å². The fourth-order valence-electron chi connectivity index (χ4n) is 2.58. The zero-order valence-corrected chi connectivity index (χ0v) is 10.9. The summed E-state index contributed by atoms with van der Waals surface area (Å²) >= 11 is 0. The van der Waals surface area contributed by atoms with Gasteiger partial charge in [0.1, 0.15) is 11.5 Å². The maximum Gasteiger partial charge on any atom is 0.271 e. The summed E-state index contributed by atoms with van der Waals surface area (Å²) in [6, 6.07) is 0.244. The minimum Gasteiger partial charge on any atom is -0.382 e. The molecule has 3 atom stereocenters. The predicted molar refractivity (Wildman–Crippen MR) is 69.9 cm³/mol. The normalized spacial score (nSPS) is 27.8. The van der Waals surface area contributed by atoms with Crippen molar-refractivity contribution in [3.8, 4) is 0 Å². The summed E-state index contributed by atoms with van der Waals surface area (Å²) in [4.78, 5) is 19.9. The van der Waals surface area contributed by atoms with Crippen LogP contribution in [0.25, 0.3) is 0 Å². The third-order valence-electron chi connectivity index (χ3n) is 3.65. The van der Waals surface area contributed by atoms with Gasteiger partial charge in [-0.2, -0.15) is 0 Å². The maximum atomic E-state index is 12.0. The van der Waals surface area contributed by atoms with Gasteiger partial charge < -0.3 is 11.1 Å². The largest absolute Gasteiger partial charge is 0.382 e. The first-order valence-electron chi connectivity index (χ1n) is 6.44. The number of nitrogens with two attached hydrogens (primary N) is 1. The van der Waals surface area contributed by atoms with Crippen LogP contribution in [0.1, 0.15) is 43.6 Å². The third-order valence-corrected chi connectivity index (χ3v) is 3.65. The number of hydrogen-bond acceptors (Lipinski definition) is 4. The molecule has 1 aliphatic rings. The zero-order chi connectivity index (χ0) is 13.1. The van der Waals surface area contributed by atoms with Gasteiger partial charge in [0.15, 0.2) is 0 Å². The molecule has 2 rings (SSSR count). The number of nitrogen functional groups attached to an aromatic ring is 1. The minimum atomic E-state index is -0.158. The van der Waals surface area contributed by atoms with E-state index in [0.717, 1.165) is 12.3 Å². The molecule has 3 N–H and O–H groups in total. The summed E-state index contributed by atoms with van der Waals surface area (Å²) in [5.74, 6) is 1.43. The van der Waals surface area contributed by atoms with Crippen LogP contribution in [0, 0.1) is 11.8 Å². The van der Waals surface area contributed by atoms with Gasteiger partial charge in [-0.3, -0.25) is 4.79 Å². The number of amides is 1. The maximum absolute atomic E-state index is 12.0. The Bertz CT molecular complexity index is 418. The first-order valence-corrected chi connectivity index (χ1v) is 6.44. The number of rotatable bonds is 2. The van der Waals surface area contributed by atoms with E-state index in [1.165, 1.54) is 25.2 Å². The van der Waals surface area contributed by atoms with E-state index >= 15 is 0 Å². The van der Waals surface area contributed by atoms with Crippen molar-refractivity contribution in [2.75, 3.05) is 5.73 Å². The second-order valence-electron chi connectivity index (χ2n) is 5.30. The number of carbonyl (C=O) groups is 1. The Labute approximate surface area is 107 Å². The van der Waals surface area contributed by atoms with Crippen LogP contribution in [0.4, 0.5) is 5.82 Å². The molecule has 0 bridgehead atoms. The summed E-state index contributed by atoms with van der Waals surface area (Å²) in [5, 5.41) is 3.04. The molecule has 0 aromatic carbocycles. The molecule has 18 heavy (non-hydrogen) atoms. The van der Waals surface area contributed by atoms with Crippen LogP contribution < -0.4 is 11.1 Å². The lowest BCUT2D eigenvalue weighted by molar-refractivity contribution is 0.0894. The Balaban J connectivity index is 1.97. The van der Waals surface area contributed by atoms with Crippen molar-refractivity contribution in [1.82, 2.24) is 15.3 Å². The highest BCUT2D eigenvalue weighted by atomic mass is 16.1. The zero-order valence-electron chi connectivity index (χ0n) is 10.9. The molecule has 1 aliphatic carbocycles. The minimum absolute atomic E-state index is 0.158. The molecule has 3 unspecified atom stereocenters. The predicted octanol–water partition coefficient (Wildman–Crippen LogP) is 1.61. The average molecular weight is 248 g/mol. The first-order chi connectivity index (χ1) is 8.56. The van der Waals surface area contributed by atoms with Gasteiger partial charge in [0.25, 0.3) is 5.91 Å². The highest BCUT2D eigenvalue weighted by molar-refractivity contribution is 5.92. The molecule has 0 spiro atoms. The molecule has 5 heteroatoms. The molecule has 1 aromatic rings. The van der Waals surface area contributed by atoms with Crippen LogP contribution in [-0.2, 0) is 0 Å². The Morgan fingerprint density at radius 3 is 2.72 bits per heavy atom. The van der Waals surface area contributed by atoms with Gasteiger partial charge in [0.2, 0.25) is 0 Å². The lowest BCUT2D eigenvalue weighted by Gasteiger charge is -2.33. The molecular weight excluding hydrogens is 228 g/mol. The molecule has 0 saturated heterocycles. The average Bonchev–Trinajstić information content (AvgIpc) is 2.33. The van der Waals surface area contributed by atoms with Crippen molar-refractivity contribution >= 4 is 11.7 Å². The van der Waals surface area contributed by atoms with E-state index in [0.29, 0.717) is 17.4 Å². The van der Waals surface area contributed by atoms with Gasteiger partial charge in [-0.25, -0.2) is 9.97 Å². The number of anilines is 1. The van der Waals surface area contributed by atoms with Crippen molar-refractivity contribution in [3.63, 3.8) is 0 Å². The molecule has 1 aromatic heterocycles. The number of nitrogens with zero attached hydrogens (tertiary/aromatic N) is 2. The quantitative estimate of drug-likeness (QED) is 0.833. The Hall–Kier alpha value is -1.65. The second-order valence-corrected chi connectivity index (χ2v) is 5.30. The third kappa shape index (κ3) is 2.97. The van der Waals surface area contributed by atoms with Crippen molar-refractivity contribution < 1.29 is 4.79 Å². The molecular formula is C13H20N4O. The highest BCUT2D eigenvalue weighted by Crippen LogP contribution is 2.28. The van der Waals surface area contributed by atoms with Crippen molar-refractivity contribution in [1.29, 1.82) is 0 Å². The van der Waals surface area contributed by atoms with E-state index in [4.69, 9.17) is 5.73 Å². The van der Waals surface area contributed by atoms with E-state index in [-0.39, 0.29) is 11.9 Å². The fraction of sp³-hybridized carbons (Fsp3) is 0.615. The van der Waals surface area contributed by atoms with Crippen molar-refractivity contribution in [2.45, 2.75) is 39.2 Å². The number of aromatic nitrogens is 2. The van der Waals surface area contributed by atoms with Crippen molar-refractivity contribution in [2.24, 2.45) is 11.8 Å². The van der Waals surface area contributed by atoms with Crippen molar-refractivity contribution in [3.05, 3.63) is 18.1 Å². The van der Waals surface area contributed by atoms with Crippen LogP contribution in [0.15, 0.2) is 12.4 Å². The fourth-order valence-corrected chi connectivity index (χ4v) is 2.58. The molecule has 1 heterocycles. The Morgan fingerprint density at radius 1 is 1.33 bits per heavy atom. The van der Waals surface area contributed by atoms with Crippen LogP contribution in [0.5, 0.6) is 0 Å². The summed E-state index contributed by atoms with van der Waals surface area (Å²) in [7, 11) is 0. The van der Waals surface area contributed by atoms with Gasteiger partial charge in [-0.15, -0.1) is 0 Å². The van der Waals surface area contributed by atoms with Crippen LogP contribution >= 0.6 is 0 Å². The molecule has 1 fully saturated rings. The van der Waals surface area contributed by atoms with E-state index in [1.807, 2.05) is 0 Å². The Morgan fingerprint density at radius 2 is 2.11 bits per heavy atom. The molecule has 5 nitrogen and oxygen atoms in total. The number of hydrogen-bond donors (Lipinski definition) is 2.